The third-order valence-electron chi connectivity index (χ3n) is 2.66. The first-order valence-electron chi connectivity index (χ1n) is 5.58. The number of nitrogens with zero attached hydrogens (tertiary/aromatic N) is 3. The van der Waals surface area contributed by atoms with Crippen LogP contribution in [0.25, 0.3) is 22.7 Å². The number of halogens is 4. The van der Waals surface area contributed by atoms with Crippen LogP contribution in [0.2, 0.25) is 5.02 Å². The summed E-state index contributed by atoms with van der Waals surface area (Å²) in [6.07, 6.45) is -2.31. The minimum absolute atomic E-state index is 0.0116. The van der Waals surface area contributed by atoms with Gasteiger partial charge in [-0.1, -0.05) is 11.6 Å². The Hall–Kier alpha value is -2.35. The Labute approximate surface area is 120 Å². The monoisotopic (exact) mass is 315 g/mol. The van der Waals surface area contributed by atoms with E-state index in [1.54, 1.807) is 0 Å². The lowest BCUT2D eigenvalue weighted by Crippen LogP contribution is -2.24. The largest absolute Gasteiger partial charge is 0.619 e. The summed E-state index contributed by atoms with van der Waals surface area (Å²) in [7, 11) is 0. The van der Waals surface area contributed by atoms with Crippen LogP contribution in [-0.4, -0.2) is 9.97 Å². The van der Waals surface area contributed by atoms with Crippen LogP contribution < -0.4 is 4.73 Å². The molecule has 0 N–H and O–H groups in total. The van der Waals surface area contributed by atoms with Crippen molar-refractivity contribution >= 4 is 22.8 Å². The third-order valence-corrected chi connectivity index (χ3v) is 2.96. The predicted octanol–water partition coefficient (Wildman–Crippen LogP) is 3.20. The Bertz CT molecular complexity index is 832. The highest BCUT2D eigenvalue weighted by atomic mass is 35.5. The molecule has 3 aromatic heterocycles. The molecule has 0 aliphatic heterocycles. The predicted molar refractivity (Wildman–Crippen MR) is 66.2 cm³/mol. The molecule has 0 saturated carbocycles. The van der Waals surface area contributed by atoms with Crippen molar-refractivity contribution in [2.75, 3.05) is 0 Å². The van der Waals surface area contributed by atoms with Crippen molar-refractivity contribution < 1.29 is 22.3 Å². The second kappa shape index (κ2) is 4.59. The van der Waals surface area contributed by atoms with Crippen LogP contribution in [0.5, 0.6) is 0 Å². The molecule has 0 aliphatic carbocycles. The highest BCUT2D eigenvalue weighted by Gasteiger charge is 2.33. The van der Waals surface area contributed by atoms with E-state index in [1.165, 1.54) is 12.3 Å². The van der Waals surface area contributed by atoms with Gasteiger partial charge < -0.3 is 9.62 Å². The molecule has 5 nitrogen and oxygen atoms in total. The number of rotatable bonds is 1. The fraction of sp³-hybridized carbons (Fsp3) is 0.0833. The first-order chi connectivity index (χ1) is 9.84. The van der Waals surface area contributed by atoms with E-state index in [1.807, 2.05) is 0 Å². The van der Waals surface area contributed by atoms with Crippen molar-refractivity contribution in [3.05, 3.63) is 46.5 Å². The summed E-state index contributed by atoms with van der Waals surface area (Å²) in [5.41, 5.74) is -0.882. The molecular weight excluding hydrogens is 311 g/mol. The van der Waals surface area contributed by atoms with Crippen LogP contribution in [0.15, 0.2) is 35.0 Å². The van der Waals surface area contributed by atoms with Crippen molar-refractivity contribution in [2.45, 2.75) is 6.18 Å². The van der Waals surface area contributed by atoms with Gasteiger partial charge in [0.15, 0.2) is 12.4 Å². The van der Waals surface area contributed by atoms with E-state index in [0.717, 1.165) is 18.3 Å². The molecule has 3 aromatic rings. The molecule has 0 aliphatic rings. The lowest BCUT2D eigenvalue weighted by molar-refractivity contribution is -0.605. The van der Waals surface area contributed by atoms with Gasteiger partial charge in [-0.25, -0.2) is 9.97 Å². The van der Waals surface area contributed by atoms with Crippen LogP contribution in [0.3, 0.4) is 0 Å². The Morgan fingerprint density at radius 3 is 2.62 bits per heavy atom. The lowest BCUT2D eigenvalue weighted by Gasteiger charge is -2.03. The topological polar surface area (TPSA) is 65.9 Å². The molecule has 21 heavy (non-hydrogen) atoms. The average molecular weight is 316 g/mol. The highest BCUT2D eigenvalue weighted by Crippen LogP contribution is 2.31. The van der Waals surface area contributed by atoms with Gasteiger partial charge in [0, 0.05) is 6.07 Å². The van der Waals surface area contributed by atoms with Gasteiger partial charge in [-0.15, -0.1) is 0 Å². The summed E-state index contributed by atoms with van der Waals surface area (Å²) in [4.78, 5) is 7.38. The van der Waals surface area contributed by atoms with Gasteiger partial charge in [0.1, 0.15) is 16.2 Å². The smallest absolute Gasteiger partial charge is 0.433 e. The zero-order chi connectivity index (χ0) is 15.2. The first kappa shape index (κ1) is 13.6. The number of pyridine rings is 2. The molecule has 0 fully saturated rings. The van der Waals surface area contributed by atoms with Crippen molar-refractivity contribution in [1.29, 1.82) is 0 Å². The van der Waals surface area contributed by atoms with Crippen molar-refractivity contribution in [3.8, 4) is 11.5 Å². The number of alkyl halides is 3. The van der Waals surface area contributed by atoms with E-state index >= 15 is 0 Å². The summed E-state index contributed by atoms with van der Waals surface area (Å²) in [6, 6.07) is 3.32. The van der Waals surface area contributed by atoms with E-state index in [0.29, 0.717) is 4.73 Å². The van der Waals surface area contributed by atoms with Gasteiger partial charge >= 0.3 is 6.18 Å². The quantitative estimate of drug-likeness (QED) is 0.511. The van der Waals surface area contributed by atoms with Gasteiger partial charge in [-0.05, 0) is 12.1 Å². The molecule has 3 rings (SSSR count). The number of hydrogen-bond donors (Lipinski definition) is 0. The Morgan fingerprint density at radius 2 is 1.95 bits per heavy atom. The highest BCUT2D eigenvalue weighted by molar-refractivity contribution is 6.32. The Morgan fingerprint density at radius 1 is 1.19 bits per heavy atom. The van der Waals surface area contributed by atoms with Crippen LogP contribution in [0.4, 0.5) is 13.2 Å². The summed E-state index contributed by atoms with van der Waals surface area (Å²) in [6.45, 7) is 0. The van der Waals surface area contributed by atoms with Crippen LogP contribution in [0, 0.1) is 5.21 Å². The minimum atomic E-state index is -4.57. The molecule has 0 unspecified atom stereocenters. The molecule has 0 aromatic carbocycles. The number of hydrogen-bond acceptors (Lipinski definition) is 4. The number of fused-ring (bicyclic) bond motifs is 1. The molecular formula is C12H5ClF3N3O2. The SMILES string of the molecule is [O-][n+]1ccc(-c2nc3ccc(C(F)(F)F)nc3o2)c(Cl)c1. The van der Waals surface area contributed by atoms with Gasteiger partial charge in [0.25, 0.3) is 0 Å². The molecule has 0 atom stereocenters. The molecule has 0 bridgehead atoms. The molecule has 0 spiro atoms. The van der Waals surface area contributed by atoms with Crippen molar-refractivity contribution in [2.24, 2.45) is 0 Å². The second-order valence-corrected chi connectivity index (χ2v) is 4.51. The minimum Gasteiger partial charge on any atom is -0.619 e. The van der Waals surface area contributed by atoms with Crippen LogP contribution >= 0.6 is 11.6 Å². The van der Waals surface area contributed by atoms with Crippen LogP contribution in [-0.2, 0) is 6.18 Å². The molecule has 0 amide bonds. The molecule has 9 heteroatoms. The maximum atomic E-state index is 12.6. The second-order valence-electron chi connectivity index (χ2n) is 4.10. The Balaban J connectivity index is 2.13. The average Bonchev–Trinajstić information content (AvgIpc) is 2.79. The van der Waals surface area contributed by atoms with Crippen molar-refractivity contribution in [3.63, 3.8) is 0 Å². The fourth-order valence-corrected chi connectivity index (χ4v) is 1.96. The molecule has 0 radical (unpaired) electrons. The van der Waals surface area contributed by atoms with Gasteiger partial charge in [-0.2, -0.15) is 17.9 Å². The summed E-state index contributed by atoms with van der Waals surface area (Å²) < 4.78 is 43.4. The normalized spacial score (nSPS) is 12.0. The zero-order valence-corrected chi connectivity index (χ0v) is 10.8. The van der Waals surface area contributed by atoms with E-state index < -0.39 is 11.9 Å². The van der Waals surface area contributed by atoms with E-state index in [-0.39, 0.29) is 27.7 Å². The maximum Gasteiger partial charge on any atom is 0.433 e. The number of aromatic nitrogens is 3. The van der Waals surface area contributed by atoms with Gasteiger partial charge in [0.2, 0.25) is 11.6 Å². The number of oxazole rings is 1. The summed E-state index contributed by atoms with van der Waals surface area (Å²) in [5.74, 6) is -0.0116. The van der Waals surface area contributed by atoms with E-state index in [9.17, 15) is 18.4 Å². The maximum absolute atomic E-state index is 12.6. The molecule has 3 heterocycles. The van der Waals surface area contributed by atoms with Crippen molar-refractivity contribution in [1.82, 2.24) is 9.97 Å². The summed E-state index contributed by atoms with van der Waals surface area (Å²) in [5, 5.41) is 11.1. The molecule has 108 valence electrons. The van der Waals surface area contributed by atoms with E-state index in [2.05, 4.69) is 9.97 Å². The third kappa shape index (κ3) is 2.49. The Kier molecular flexibility index (Phi) is 2.98. The summed E-state index contributed by atoms with van der Waals surface area (Å²) >= 11 is 5.87. The van der Waals surface area contributed by atoms with E-state index in [4.69, 9.17) is 16.0 Å². The standard InChI is InChI=1S/C12H5ClF3N3O2/c13-7-5-19(20)4-3-6(7)10-17-8-1-2-9(12(14,15)16)18-11(8)21-10/h1-5H. The van der Waals surface area contributed by atoms with Gasteiger partial charge in [-0.3, -0.25) is 0 Å². The fourth-order valence-electron chi connectivity index (χ4n) is 1.72. The van der Waals surface area contributed by atoms with Crippen LogP contribution in [0.1, 0.15) is 5.69 Å². The first-order valence-corrected chi connectivity index (χ1v) is 5.96. The zero-order valence-electron chi connectivity index (χ0n) is 10.1. The molecule has 0 saturated heterocycles. The van der Waals surface area contributed by atoms with Gasteiger partial charge in [0.05, 0.1) is 5.56 Å². The lowest BCUT2D eigenvalue weighted by atomic mass is 10.3.